The number of nitrogen functional groups attached to an aromatic ring is 1. The number of ether oxygens (including phenoxy) is 1. The summed E-state index contributed by atoms with van der Waals surface area (Å²) >= 11 is 0. The molecule has 1 aromatic heterocycles. The second kappa shape index (κ2) is 9.54. The lowest BCUT2D eigenvalue weighted by Gasteiger charge is -2.17. The third-order valence-electron chi connectivity index (χ3n) is 3.96. The van der Waals surface area contributed by atoms with Gasteiger partial charge in [-0.15, -0.1) is 12.4 Å². The summed E-state index contributed by atoms with van der Waals surface area (Å²) in [5.74, 6) is 0.208. The first-order valence-electron chi connectivity index (χ1n) is 8.22. The van der Waals surface area contributed by atoms with E-state index in [1.54, 1.807) is 6.07 Å². The van der Waals surface area contributed by atoms with E-state index >= 15 is 0 Å². The summed E-state index contributed by atoms with van der Waals surface area (Å²) in [6.07, 6.45) is 1.96. The van der Waals surface area contributed by atoms with Crippen molar-refractivity contribution in [3.8, 4) is 11.3 Å². The third kappa shape index (κ3) is 5.43. The summed E-state index contributed by atoms with van der Waals surface area (Å²) in [7, 11) is 1.38. The molecule has 7 heteroatoms. The van der Waals surface area contributed by atoms with Crippen LogP contribution in [-0.2, 0) is 16.0 Å². The van der Waals surface area contributed by atoms with Crippen molar-refractivity contribution in [3.63, 3.8) is 0 Å². The number of benzene rings is 2. The number of carbonyl (C=O) groups is 1. The van der Waals surface area contributed by atoms with Crippen LogP contribution in [0.2, 0.25) is 0 Å². The van der Waals surface area contributed by atoms with E-state index in [1.807, 2.05) is 54.6 Å². The molecule has 0 saturated carbocycles. The molecule has 27 heavy (non-hydrogen) atoms. The number of rotatable bonds is 6. The van der Waals surface area contributed by atoms with Crippen molar-refractivity contribution < 1.29 is 9.53 Å². The number of nitrogens with two attached hydrogens (primary N) is 1. The van der Waals surface area contributed by atoms with E-state index in [2.05, 4.69) is 15.3 Å². The Morgan fingerprint density at radius 2 is 1.81 bits per heavy atom. The molecule has 2 aromatic carbocycles. The second-order valence-electron chi connectivity index (χ2n) is 5.82. The average Bonchev–Trinajstić information content (AvgIpc) is 2.68. The highest BCUT2D eigenvalue weighted by molar-refractivity contribution is 5.85. The van der Waals surface area contributed by atoms with Crippen LogP contribution in [0.3, 0.4) is 0 Å². The number of hydrogen-bond acceptors (Lipinski definition) is 6. The van der Waals surface area contributed by atoms with E-state index in [0.29, 0.717) is 17.9 Å². The van der Waals surface area contributed by atoms with Gasteiger partial charge in [-0.3, -0.25) is 0 Å². The molecule has 3 N–H and O–H groups in total. The van der Waals surface area contributed by atoms with Gasteiger partial charge >= 0.3 is 5.97 Å². The van der Waals surface area contributed by atoms with Crippen molar-refractivity contribution in [1.29, 1.82) is 0 Å². The monoisotopic (exact) mass is 384 g/mol. The maximum absolute atomic E-state index is 12.2. The van der Waals surface area contributed by atoms with E-state index in [9.17, 15) is 4.79 Å². The fourth-order valence-corrected chi connectivity index (χ4v) is 2.61. The first-order chi connectivity index (χ1) is 12.7. The highest BCUT2D eigenvalue weighted by Gasteiger charge is 2.20. The Balaban J connectivity index is 0.00000261. The number of aromatic nitrogens is 2. The Bertz CT molecular complexity index is 873. The Labute approximate surface area is 164 Å². The fraction of sp³-hybridized carbons (Fsp3) is 0.150. The van der Waals surface area contributed by atoms with E-state index in [-0.39, 0.29) is 18.4 Å². The average molecular weight is 385 g/mol. The first-order valence-corrected chi connectivity index (χ1v) is 8.22. The van der Waals surface area contributed by atoms with Crippen LogP contribution in [0.15, 0.2) is 67.0 Å². The molecule has 140 valence electrons. The maximum Gasteiger partial charge on any atom is 0.328 e. The molecule has 1 unspecified atom stereocenters. The molecule has 1 heterocycles. The highest BCUT2D eigenvalue weighted by atomic mass is 35.5. The van der Waals surface area contributed by atoms with E-state index in [4.69, 9.17) is 10.5 Å². The Kier molecular flexibility index (Phi) is 7.14. The minimum atomic E-state index is -0.545. The van der Waals surface area contributed by atoms with Gasteiger partial charge in [0.1, 0.15) is 18.2 Å². The predicted octanol–water partition coefficient (Wildman–Crippen LogP) is 3.34. The standard InChI is InChI=1S/C20H20N4O2.ClH/c1-26-20(25)18(11-14-5-3-2-4-6-14)24-19-12-17(22-13-23-19)15-7-9-16(21)10-8-15;/h2-10,12-13,18H,11,21H2,1H3,(H,22,23,24);1H. The van der Waals surface area contributed by atoms with Crippen molar-refractivity contribution in [3.05, 3.63) is 72.6 Å². The van der Waals surface area contributed by atoms with Gasteiger partial charge in [0, 0.05) is 23.7 Å². The molecule has 6 nitrogen and oxygen atoms in total. The zero-order valence-electron chi connectivity index (χ0n) is 14.8. The summed E-state index contributed by atoms with van der Waals surface area (Å²) in [6, 6.07) is 18.4. The smallest absolute Gasteiger partial charge is 0.328 e. The largest absolute Gasteiger partial charge is 0.467 e. The van der Waals surface area contributed by atoms with Crippen LogP contribution in [0, 0.1) is 0 Å². The van der Waals surface area contributed by atoms with Gasteiger partial charge in [0.2, 0.25) is 0 Å². The molecular weight excluding hydrogens is 364 g/mol. The second-order valence-corrected chi connectivity index (χ2v) is 5.82. The quantitative estimate of drug-likeness (QED) is 0.500. The molecule has 0 aliphatic carbocycles. The Morgan fingerprint density at radius 1 is 1.11 bits per heavy atom. The lowest BCUT2D eigenvalue weighted by molar-refractivity contribution is -0.141. The van der Waals surface area contributed by atoms with Crippen LogP contribution in [0.1, 0.15) is 5.56 Å². The zero-order valence-corrected chi connectivity index (χ0v) is 15.6. The van der Waals surface area contributed by atoms with Crippen molar-refractivity contribution in [1.82, 2.24) is 9.97 Å². The SMILES string of the molecule is COC(=O)C(Cc1ccccc1)Nc1cc(-c2ccc(N)cc2)ncn1.Cl. The van der Waals surface area contributed by atoms with Gasteiger partial charge in [-0.05, 0) is 17.7 Å². The van der Waals surface area contributed by atoms with E-state index in [0.717, 1.165) is 16.8 Å². The van der Waals surface area contributed by atoms with Gasteiger partial charge in [0.15, 0.2) is 0 Å². The van der Waals surface area contributed by atoms with Crippen LogP contribution in [0.25, 0.3) is 11.3 Å². The van der Waals surface area contributed by atoms with Gasteiger partial charge < -0.3 is 15.8 Å². The summed E-state index contributed by atoms with van der Waals surface area (Å²) in [5, 5.41) is 3.15. The van der Waals surface area contributed by atoms with Gasteiger partial charge in [0.05, 0.1) is 12.8 Å². The third-order valence-corrected chi connectivity index (χ3v) is 3.96. The molecule has 0 bridgehead atoms. The van der Waals surface area contributed by atoms with E-state index < -0.39 is 6.04 Å². The molecule has 1 atom stereocenters. The van der Waals surface area contributed by atoms with Gasteiger partial charge in [-0.2, -0.15) is 0 Å². The lowest BCUT2D eigenvalue weighted by Crippen LogP contribution is -2.33. The zero-order chi connectivity index (χ0) is 18.4. The summed E-state index contributed by atoms with van der Waals surface area (Å²) in [6.45, 7) is 0. The number of nitrogens with zero attached hydrogens (tertiary/aromatic N) is 2. The number of hydrogen-bond donors (Lipinski definition) is 2. The van der Waals surface area contributed by atoms with Crippen LogP contribution in [0.5, 0.6) is 0 Å². The molecule has 0 aliphatic rings. The number of halogens is 1. The van der Waals surface area contributed by atoms with Gasteiger partial charge in [0.25, 0.3) is 0 Å². The summed E-state index contributed by atoms with van der Waals surface area (Å²) < 4.78 is 4.93. The van der Waals surface area contributed by atoms with Crippen molar-refractivity contribution in [2.24, 2.45) is 0 Å². The molecule has 3 aromatic rings. The maximum atomic E-state index is 12.2. The van der Waals surface area contributed by atoms with E-state index in [1.165, 1.54) is 13.4 Å². The lowest BCUT2D eigenvalue weighted by atomic mass is 10.1. The molecular formula is C20H21ClN4O2. The highest BCUT2D eigenvalue weighted by Crippen LogP contribution is 2.20. The Hall–Kier alpha value is -3.12. The molecule has 3 rings (SSSR count). The fourth-order valence-electron chi connectivity index (χ4n) is 2.61. The number of methoxy groups -OCH3 is 1. The number of carbonyl (C=O) groups excluding carboxylic acids is 1. The number of nitrogens with one attached hydrogen (secondary N) is 1. The molecule has 0 aliphatic heterocycles. The van der Waals surface area contributed by atoms with Crippen LogP contribution in [0.4, 0.5) is 11.5 Å². The molecule has 0 spiro atoms. The molecule has 0 amide bonds. The summed E-state index contributed by atoms with van der Waals surface area (Å²) in [4.78, 5) is 20.7. The van der Waals surface area contributed by atoms with Crippen molar-refractivity contribution in [2.45, 2.75) is 12.5 Å². The molecule has 0 saturated heterocycles. The topological polar surface area (TPSA) is 90.1 Å². The predicted molar refractivity (Wildman–Crippen MR) is 109 cm³/mol. The van der Waals surface area contributed by atoms with Crippen LogP contribution < -0.4 is 11.1 Å². The van der Waals surface area contributed by atoms with Gasteiger partial charge in [-0.25, -0.2) is 14.8 Å². The van der Waals surface area contributed by atoms with Crippen LogP contribution in [-0.4, -0.2) is 29.1 Å². The molecule has 0 fully saturated rings. The number of anilines is 2. The minimum absolute atomic E-state index is 0. The van der Waals surface area contributed by atoms with Crippen molar-refractivity contribution >= 4 is 29.9 Å². The van der Waals surface area contributed by atoms with Crippen LogP contribution >= 0.6 is 12.4 Å². The normalized spacial score (nSPS) is 11.1. The first kappa shape index (κ1) is 20.2. The molecule has 0 radical (unpaired) electrons. The summed E-state index contributed by atoms with van der Waals surface area (Å²) in [5.41, 5.74) is 9.11. The number of esters is 1. The van der Waals surface area contributed by atoms with Crippen molar-refractivity contribution in [2.75, 3.05) is 18.2 Å². The van der Waals surface area contributed by atoms with Gasteiger partial charge in [-0.1, -0.05) is 42.5 Å². The minimum Gasteiger partial charge on any atom is -0.467 e. The Morgan fingerprint density at radius 3 is 2.48 bits per heavy atom.